The maximum atomic E-state index is 11.6. The predicted octanol–water partition coefficient (Wildman–Crippen LogP) is 3.81. The Morgan fingerprint density at radius 3 is 2.50 bits per heavy atom. The Labute approximate surface area is 166 Å². The van der Waals surface area contributed by atoms with E-state index >= 15 is 0 Å². The quantitative estimate of drug-likeness (QED) is 0.632. The third kappa shape index (κ3) is 5.92. The van der Waals surface area contributed by atoms with Gasteiger partial charge in [-0.25, -0.2) is 0 Å². The van der Waals surface area contributed by atoms with Crippen LogP contribution in [-0.4, -0.2) is 26.2 Å². The molecule has 0 unspecified atom stereocenters. The predicted molar refractivity (Wildman–Crippen MR) is 107 cm³/mol. The van der Waals surface area contributed by atoms with Gasteiger partial charge in [-0.2, -0.15) is 5.26 Å². The summed E-state index contributed by atoms with van der Waals surface area (Å²) in [5.41, 5.74) is 1.92. The lowest BCUT2D eigenvalue weighted by atomic mass is 10.0. The number of nitriles is 1. The number of rotatable bonds is 10. The molecule has 0 aromatic heterocycles. The molecule has 6 heteroatoms. The Kier molecular flexibility index (Phi) is 8.16. The number of ether oxygens (including phenoxy) is 3. The number of nitrogens with zero attached hydrogens (tertiary/aromatic N) is 1. The van der Waals surface area contributed by atoms with Gasteiger partial charge in [-0.05, 0) is 23.6 Å². The molecule has 1 amide bonds. The molecule has 0 radical (unpaired) electrons. The molecule has 0 saturated heterocycles. The zero-order valence-electron chi connectivity index (χ0n) is 16.5. The highest BCUT2D eigenvalue weighted by molar-refractivity contribution is 5.78. The van der Waals surface area contributed by atoms with Crippen molar-refractivity contribution in [2.75, 3.05) is 20.3 Å². The van der Waals surface area contributed by atoms with Gasteiger partial charge < -0.3 is 19.5 Å². The van der Waals surface area contributed by atoms with Gasteiger partial charge in [0.05, 0.1) is 13.2 Å². The van der Waals surface area contributed by atoms with E-state index in [-0.39, 0.29) is 18.9 Å². The largest absolute Gasteiger partial charge is 0.493 e. The molecule has 0 saturated carbocycles. The van der Waals surface area contributed by atoms with Crippen LogP contribution in [0.5, 0.6) is 17.2 Å². The summed E-state index contributed by atoms with van der Waals surface area (Å²) in [6.07, 6.45) is -0.177. The van der Waals surface area contributed by atoms with E-state index in [1.807, 2.05) is 36.4 Å². The summed E-state index contributed by atoms with van der Waals surface area (Å²) in [5, 5.41) is 11.3. The molecule has 0 aliphatic carbocycles. The van der Waals surface area contributed by atoms with E-state index in [0.29, 0.717) is 30.6 Å². The Morgan fingerprint density at radius 1 is 1.07 bits per heavy atom. The molecule has 0 spiro atoms. The summed E-state index contributed by atoms with van der Waals surface area (Å²) < 4.78 is 17.2. The van der Waals surface area contributed by atoms with Crippen LogP contribution >= 0.6 is 0 Å². The van der Waals surface area contributed by atoms with Crippen molar-refractivity contribution in [1.82, 2.24) is 5.32 Å². The Hall–Kier alpha value is -3.20. The van der Waals surface area contributed by atoms with E-state index in [1.165, 1.54) is 0 Å². The van der Waals surface area contributed by atoms with Crippen LogP contribution in [0.25, 0.3) is 0 Å². The normalized spacial score (nSPS) is 10.2. The van der Waals surface area contributed by atoms with Crippen molar-refractivity contribution in [1.29, 1.82) is 5.26 Å². The zero-order chi connectivity index (χ0) is 20.4. The lowest BCUT2D eigenvalue weighted by molar-refractivity contribution is -0.120. The van der Waals surface area contributed by atoms with Crippen LogP contribution in [0.3, 0.4) is 0 Å². The van der Waals surface area contributed by atoms with Gasteiger partial charge in [0.15, 0.2) is 11.5 Å². The molecule has 0 heterocycles. The molecule has 148 valence electrons. The highest BCUT2D eigenvalue weighted by Crippen LogP contribution is 2.31. The summed E-state index contributed by atoms with van der Waals surface area (Å²) in [5.74, 6) is 2.03. The van der Waals surface area contributed by atoms with Crippen molar-refractivity contribution in [3.05, 3.63) is 53.6 Å². The molecule has 2 aromatic rings. The fourth-order valence-corrected chi connectivity index (χ4v) is 2.74. The number of para-hydroxylation sites is 2. The van der Waals surface area contributed by atoms with Crippen LogP contribution in [0.4, 0.5) is 0 Å². The van der Waals surface area contributed by atoms with Gasteiger partial charge >= 0.3 is 0 Å². The number of carbonyl (C=O) groups is 1. The highest BCUT2D eigenvalue weighted by Gasteiger charge is 2.12. The van der Waals surface area contributed by atoms with Gasteiger partial charge in [0, 0.05) is 12.1 Å². The van der Waals surface area contributed by atoms with E-state index < -0.39 is 0 Å². The number of amides is 1. The van der Waals surface area contributed by atoms with Crippen LogP contribution in [0.15, 0.2) is 42.5 Å². The number of nitrogens with one attached hydrogen (secondary N) is 1. The van der Waals surface area contributed by atoms with E-state index in [0.717, 1.165) is 16.9 Å². The third-order valence-electron chi connectivity index (χ3n) is 4.12. The first-order valence-electron chi connectivity index (χ1n) is 9.20. The lowest BCUT2D eigenvalue weighted by Gasteiger charge is -2.17. The van der Waals surface area contributed by atoms with Gasteiger partial charge in [-0.3, -0.25) is 4.79 Å². The molecule has 0 fully saturated rings. The Bertz CT molecular complexity index is 828. The van der Waals surface area contributed by atoms with Crippen molar-refractivity contribution in [3.63, 3.8) is 0 Å². The smallest absolute Gasteiger partial charge is 0.234 e. The second kappa shape index (κ2) is 10.8. The molecule has 28 heavy (non-hydrogen) atoms. The number of benzene rings is 2. The Balaban J connectivity index is 1.99. The summed E-state index contributed by atoms with van der Waals surface area (Å²) in [6, 6.07) is 15.3. The molecule has 1 N–H and O–H groups in total. The monoisotopic (exact) mass is 382 g/mol. The molecule has 0 aliphatic rings. The maximum absolute atomic E-state index is 11.6. The average Bonchev–Trinajstić information content (AvgIpc) is 2.70. The lowest BCUT2D eigenvalue weighted by Crippen LogP contribution is -2.22. The maximum Gasteiger partial charge on any atom is 0.234 e. The van der Waals surface area contributed by atoms with Crippen molar-refractivity contribution >= 4 is 5.91 Å². The first-order valence-corrected chi connectivity index (χ1v) is 9.20. The van der Waals surface area contributed by atoms with Crippen molar-refractivity contribution in [3.8, 4) is 23.3 Å². The van der Waals surface area contributed by atoms with Crippen LogP contribution in [-0.2, 0) is 11.3 Å². The van der Waals surface area contributed by atoms with E-state index in [4.69, 9.17) is 19.5 Å². The minimum absolute atomic E-state index is 0.177. The standard InChI is InChI=1S/C22H26N2O4/c1-16(2)18-8-4-5-9-19(18)27-13-14-28-22-17(7-6-10-20(22)26-3)15-24-21(25)11-12-23/h4-10,16H,11,13-15H2,1-3H3,(H,24,25). The topological polar surface area (TPSA) is 80.6 Å². The SMILES string of the molecule is COc1cccc(CNC(=O)CC#N)c1OCCOc1ccccc1C(C)C. The average molecular weight is 382 g/mol. The van der Waals surface area contributed by atoms with E-state index in [9.17, 15) is 4.79 Å². The molecule has 0 aliphatic heterocycles. The Morgan fingerprint density at radius 2 is 1.79 bits per heavy atom. The van der Waals surface area contributed by atoms with Gasteiger partial charge in [0.25, 0.3) is 0 Å². The molecular formula is C22H26N2O4. The minimum Gasteiger partial charge on any atom is -0.493 e. The highest BCUT2D eigenvalue weighted by atomic mass is 16.5. The van der Waals surface area contributed by atoms with Crippen LogP contribution in [0, 0.1) is 11.3 Å². The molecule has 6 nitrogen and oxygen atoms in total. The van der Waals surface area contributed by atoms with Crippen molar-refractivity contribution in [2.24, 2.45) is 0 Å². The molecule has 0 bridgehead atoms. The summed E-state index contributed by atoms with van der Waals surface area (Å²) in [4.78, 5) is 11.6. The zero-order valence-corrected chi connectivity index (χ0v) is 16.5. The van der Waals surface area contributed by atoms with Crippen molar-refractivity contribution < 1.29 is 19.0 Å². The second-order valence-corrected chi connectivity index (χ2v) is 6.45. The fourth-order valence-electron chi connectivity index (χ4n) is 2.74. The second-order valence-electron chi connectivity index (χ2n) is 6.45. The van der Waals surface area contributed by atoms with Gasteiger partial charge in [0.2, 0.25) is 5.91 Å². The fraction of sp³-hybridized carbons (Fsp3) is 0.364. The third-order valence-corrected chi connectivity index (χ3v) is 4.12. The van der Waals surface area contributed by atoms with E-state index in [2.05, 4.69) is 25.2 Å². The first kappa shape index (κ1) is 21.1. The molecule has 2 rings (SSSR count). The van der Waals surface area contributed by atoms with Gasteiger partial charge in [0.1, 0.15) is 25.4 Å². The van der Waals surface area contributed by atoms with Crippen LogP contribution in [0.1, 0.15) is 37.3 Å². The summed E-state index contributed by atoms with van der Waals surface area (Å²) in [7, 11) is 1.57. The number of hydrogen-bond acceptors (Lipinski definition) is 5. The minimum atomic E-state index is -0.329. The van der Waals surface area contributed by atoms with Gasteiger partial charge in [-0.15, -0.1) is 0 Å². The summed E-state index contributed by atoms with van der Waals surface area (Å²) in [6.45, 7) is 5.21. The number of hydrogen-bond donors (Lipinski definition) is 1. The van der Waals surface area contributed by atoms with Crippen molar-refractivity contribution in [2.45, 2.75) is 32.7 Å². The first-order chi connectivity index (χ1) is 13.6. The van der Waals surface area contributed by atoms with Crippen LogP contribution in [0.2, 0.25) is 0 Å². The summed E-state index contributed by atoms with van der Waals surface area (Å²) >= 11 is 0. The van der Waals surface area contributed by atoms with Crippen LogP contribution < -0.4 is 19.5 Å². The molecular weight excluding hydrogens is 356 g/mol. The van der Waals surface area contributed by atoms with E-state index in [1.54, 1.807) is 13.2 Å². The van der Waals surface area contributed by atoms with Gasteiger partial charge in [-0.1, -0.05) is 44.2 Å². The number of carbonyl (C=O) groups excluding carboxylic acids is 1. The molecule has 0 atom stereocenters. The number of methoxy groups -OCH3 is 1. The molecule has 2 aromatic carbocycles.